The van der Waals surface area contributed by atoms with E-state index in [1.54, 1.807) is 30.5 Å². The zero-order valence-electron chi connectivity index (χ0n) is 21.0. The largest absolute Gasteiger partial charge is 0.478 e. The number of fused-ring (bicyclic) bond motifs is 1. The summed E-state index contributed by atoms with van der Waals surface area (Å²) in [4.78, 5) is 38.7. The van der Waals surface area contributed by atoms with Crippen LogP contribution in [0, 0.1) is 0 Å². The average molecular weight is 512 g/mol. The molecule has 192 valence electrons. The van der Waals surface area contributed by atoms with Gasteiger partial charge in [-0.2, -0.15) is 0 Å². The quantitative estimate of drug-likeness (QED) is 0.642. The first-order chi connectivity index (χ1) is 17.4. The smallest absolute Gasteiger partial charge is 0.240 e. The van der Waals surface area contributed by atoms with E-state index < -0.39 is 5.41 Å². The molecular weight excluding hydrogens is 478 g/mol. The van der Waals surface area contributed by atoms with Crippen molar-refractivity contribution in [3.8, 4) is 5.88 Å². The van der Waals surface area contributed by atoms with Gasteiger partial charge in [-0.15, -0.1) is 0 Å². The van der Waals surface area contributed by atoms with Gasteiger partial charge in [0.15, 0.2) is 0 Å². The molecule has 9 heteroatoms. The molecule has 1 aromatic heterocycles. The van der Waals surface area contributed by atoms with Crippen molar-refractivity contribution < 1.29 is 14.3 Å². The fraction of sp³-hybridized carbons (Fsp3) is 0.519. The van der Waals surface area contributed by atoms with E-state index in [4.69, 9.17) is 16.3 Å². The summed E-state index contributed by atoms with van der Waals surface area (Å²) in [6.07, 6.45) is 3.98. The molecule has 4 heterocycles. The van der Waals surface area contributed by atoms with Gasteiger partial charge in [0, 0.05) is 61.1 Å². The van der Waals surface area contributed by atoms with Crippen LogP contribution in [0.15, 0.2) is 36.5 Å². The van der Waals surface area contributed by atoms with Crippen molar-refractivity contribution in [2.75, 3.05) is 58.2 Å². The summed E-state index contributed by atoms with van der Waals surface area (Å²) >= 11 is 6.38. The first kappa shape index (κ1) is 25.0. The molecule has 2 saturated heterocycles. The minimum absolute atomic E-state index is 0.00777. The molecule has 0 spiro atoms. The van der Waals surface area contributed by atoms with Gasteiger partial charge < -0.3 is 19.9 Å². The number of halogens is 1. The van der Waals surface area contributed by atoms with E-state index in [0.717, 1.165) is 26.2 Å². The fourth-order valence-electron chi connectivity index (χ4n) is 5.87. The maximum Gasteiger partial charge on any atom is 0.240 e. The Morgan fingerprint density at radius 1 is 1.14 bits per heavy atom. The van der Waals surface area contributed by atoms with Gasteiger partial charge in [-0.25, -0.2) is 4.98 Å². The Labute approximate surface area is 217 Å². The number of pyridine rings is 1. The Morgan fingerprint density at radius 3 is 2.61 bits per heavy atom. The molecule has 2 amide bonds. The van der Waals surface area contributed by atoms with Crippen LogP contribution in [0.2, 0.25) is 5.02 Å². The van der Waals surface area contributed by atoms with E-state index in [2.05, 4.69) is 27.1 Å². The zero-order chi connectivity index (χ0) is 25.3. The minimum atomic E-state index is -1.26. The lowest BCUT2D eigenvalue weighted by molar-refractivity contribution is -0.136. The SMILES string of the molecule is CCOc1ncccc1C1(CC(=O)N2CCN(C3CCN(C)CC3)CC2)C(=O)Nc2ccc(Cl)cc21. The van der Waals surface area contributed by atoms with E-state index in [9.17, 15) is 9.59 Å². The van der Waals surface area contributed by atoms with Crippen LogP contribution in [0.4, 0.5) is 5.69 Å². The van der Waals surface area contributed by atoms with Gasteiger partial charge in [-0.3, -0.25) is 14.5 Å². The van der Waals surface area contributed by atoms with Crippen molar-refractivity contribution in [3.05, 3.63) is 52.7 Å². The van der Waals surface area contributed by atoms with Crippen LogP contribution in [0.25, 0.3) is 0 Å². The van der Waals surface area contributed by atoms with E-state index in [0.29, 0.717) is 53.5 Å². The van der Waals surface area contributed by atoms with E-state index >= 15 is 0 Å². The van der Waals surface area contributed by atoms with Gasteiger partial charge in [0.1, 0.15) is 5.41 Å². The molecular formula is C27H34ClN5O3. The Balaban J connectivity index is 1.41. The number of piperidine rings is 1. The zero-order valence-corrected chi connectivity index (χ0v) is 21.8. The summed E-state index contributed by atoms with van der Waals surface area (Å²) < 4.78 is 5.82. The summed E-state index contributed by atoms with van der Waals surface area (Å²) in [7, 11) is 2.17. The number of ether oxygens (including phenoxy) is 1. The highest BCUT2D eigenvalue weighted by Gasteiger charge is 2.52. The lowest BCUT2D eigenvalue weighted by Crippen LogP contribution is -2.55. The summed E-state index contributed by atoms with van der Waals surface area (Å²) in [5.41, 5.74) is 0.674. The Bertz CT molecular complexity index is 1130. The van der Waals surface area contributed by atoms with E-state index in [-0.39, 0.29) is 18.2 Å². The Morgan fingerprint density at radius 2 is 1.89 bits per heavy atom. The molecule has 2 aromatic rings. The number of likely N-dealkylation sites (tertiary alicyclic amines) is 1. The highest BCUT2D eigenvalue weighted by molar-refractivity contribution is 6.31. The van der Waals surface area contributed by atoms with Crippen LogP contribution in [0.3, 0.4) is 0 Å². The van der Waals surface area contributed by atoms with Crippen molar-refractivity contribution >= 4 is 29.1 Å². The van der Waals surface area contributed by atoms with Gasteiger partial charge in [0.05, 0.1) is 6.61 Å². The molecule has 0 radical (unpaired) electrons. The number of amides is 2. The normalized spacial score (nSPS) is 23.4. The predicted molar refractivity (Wildman–Crippen MR) is 140 cm³/mol. The standard InChI is InChI=1S/C27H34ClN5O3/c1-3-36-25-21(5-4-10-29-25)27(22-17-19(28)6-7-23(22)30-26(27)35)18-24(34)33-15-13-32(14-16-33)20-8-11-31(2)12-9-20/h4-7,10,17,20H,3,8-9,11-16,18H2,1-2H3,(H,30,35). The third-order valence-electron chi connectivity index (χ3n) is 7.88. The van der Waals surface area contributed by atoms with Crippen LogP contribution < -0.4 is 10.1 Å². The number of nitrogens with zero attached hydrogens (tertiary/aromatic N) is 4. The summed E-state index contributed by atoms with van der Waals surface area (Å²) in [5, 5.41) is 3.49. The third kappa shape index (κ3) is 4.58. The lowest BCUT2D eigenvalue weighted by Gasteiger charge is -2.42. The molecule has 1 N–H and O–H groups in total. The molecule has 1 aromatic carbocycles. The average Bonchev–Trinajstić information content (AvgIpc) is 3.16. The topological polar surface area (TPSA) is 78.0 Å². The predicted octanol–water partition coefficient (Wildman–Crippen LogP) is 3.00. The molecule has 0 bridgehead atoms. The van der Waals surface area contributed by atoms with E-state index in [1.807, 2.05) is 17.9 Å². The monoisotopic (exact) mass is 511 g/mol. The number of carbonyl (C=O) groups excluding carboxylic acids is 2. The van der Waals surface area contributed by atoms with Gasteiger partial charge in [-0.05, 0) is 69.7 Å². The minimum Gasteiger partial charge on any atom is -0.478 e. The highest BCUT2D eigenvalue weighted by Crippen LogP contribution is 2.48. The molecule has 0 saturated carbocycles. The Hall–Kier alpha value is -2.68. The summed E-state index contributed by atoms with van der Waals surface area (Å²) in [6, 6.07) is 9.51. The first-order valence-corrected chi connectivity index (χ1v) is 13.2. The summed E-state index contributed by atoms with van der Waals surface area (Å²) in [6.45, 7) is 7.56. The number of hydrogen-bond acceptors (Lipinski definition) is 6. The maximum absolute atomic E-state index is 13.8. The number of anilines is 1. The Kier molecular flexibility index (Phi) is 7.19. The van der Waals surface area contributed by atoms with Crippen molar-refractivity contribution in [3.63, 3.8) is 0 Å². The van der Waals surface area contributed by atoms with Crippen LogP contribution in [-0.2, 0) is 15.0 Å². The lowest BCUT2D eigenvalue weighted by atomic mass is 9.72. The number of hydrogen-bond donors (Lipinski definition) is 1. The van der Waals surface area contributed by atoms with Crippen molar-refractivity contribution in [1.29, 1.82) is 0 Å². The summed E-state index contributed by atoms with van der Waals surface area (Å²) in [5.74, 6) is 0.0576. The molecule has 36 heavy (non-hydrogen) atoms. The molecule has 8 nitrogen and oxygen atoms in total. The van der Waals surface area contributed by atoms with Gasteiger partial charge in [0.25, 0.3) is 0 Å². The van der Waals surface area contributed by atoms with Crippen molar-refractivity contribution in [1.82, 2.24) is 19.7 Å². The maximum atomic E-state index is 13.8. The number of carbonyl (C=O) groups is 2. The van der Waals surface area contributed by atoms with Gasteiger partial charge in [0.2, 0.25) is 17.7 Å². The number of benzene rings is 1. The van der Waals surface area contributed by atoms with Crippen LogP contribution in [-0.4, -0.2) is 90.5 Å². The van der Waals surface area contributed by atoms with Gasteiger partial charge in [-0.1, -0.05) is 17.7 Å². The van der Waals surface area contributed by atoms with Crippen LogP contribution in [0.5, 0.6) is 5.88 Å². The van der Waals surface area contributed by atoms with Crippen molar-refractivity contribution in [2.24, 2.45) is 0 Å². The van der Waals surface area contributed by atoms with E-state index in [1.165, 1.54) is 12.8 Å². The van der Waals surface area contributed by atoms with Gasteiger partial charge >= 0.3 is 0 Å². The van der Waals surface area contributed by atoms with Crippen LogP contribution in [0.1, 0.15) is 37.3 Å². The molecule has 3 aliphatic heterocycles. The molecule has 5 rings (SSSR count). The number of piperazine rings is 1. The second-order valence-electron chi connectivity index (χ2n) is 9.97. The second kappa shape index (κ2) is 10.4. The molecule has 1 atom stereocenters. The second-order valence-corrected chi connectivity index (χ2v) is 10.4. The third-order valence-corrected chi connectivity index (χ3v) is 8.11. The van der Waals surface area contributed by atoms with Crippen LogP contribution >= 0.6 is 11.6 Å². The first-order valence-electron chi connectivity index (χ1n) is 12.8. The fourth-order valence-corrected chi connectivity index (χ4v) is 6.04. The molecule has 1 unspecified atom stereocenters. The molecule has 2 fully saturated rings. The number of nitrogens with one attached hydrogen (secondary N) is 1. The number of rotatable bonds is 6. The molecule has 0 aliphatic carbocycles. The highest BCUT2D eigenvalue weighted by atomic mass is 35.5. The van der Waals surface area contributed by atoms with Crippen molar-refractivity contribution in [2.45, 2.75) is 37.6 Å². The molecule has 3 aliphatic rings. The number of aromatic nitrogens is 1.